The van der Waals surface area contributed by atoms with E-state index in [1.54, 1.807) is 0 Å². The van der Waals surface area contributed by atoms with Crippen molar-refractivity contribution in [1.82, 2.24) is 15.5 Å². The van der Waals surface area contributed by atoms with Crippen molar-refractivity contribution >= 4 is 5.91 Å². The van der Waals surface area contributed by atoms with Gasteiger partial charge in [0.1, 0.15) is 0 Å². The van der Waals surface area contributed by atoms with Crippen LogP contribution in [0.15, 0.2) is 0 Å². The number of nitrogens with one attached hydrogen (secondary N) is 2. The summed E-state index contributed by atoms with van der Waals surface area (Å²) in [6, 6.07) is 0. The smallest absolute Gasteiger partial charge is 0.240 e. The predicted octanol–water partition coefficient (Wildman–Crippen LogP) is -1.08. The molecule has 1 fully saturated rings. The lowest BCUT2D eigenvalue weighted by Crippen LogP contribution is -2.65. The number of aliphatic hydroxyl groups excluding tert-OH is 2. The number of aliphatic hydroxyl groups is 2. The predicted molar refractivity (Wildman–Crippen MR) is 73.9 cm³/mol. The van der Waals surface area contributed by atoms with E-state index in [-0.39, 0.29) is 19.1 Å². The number of carbonyl (C=O) groups is 1. The molecule has 0 atom stereocenters. The van der Waals surface area contributed by atoms with Crippen LogP contribution in [0.25, 0.3) is 0 Å². The van der Waals surface area contributed by atoms with Gasteiger partial charge in [0.2, 0.25) is 5.91 Å². The van der Waals surface area contributed by atoms with Gasteiger partial charge in [0, 0.05) is 26.2 Å². The summed E-state index contributed by atoms with van der Waals surface area (Å²) in [4.78, 5) is 14.6. The summed E-state index contributed by atoms with van der Waals surface area (Å²) in [5, 5.41) is 24.9. The molecule has 6 nitrogen and oxygen atoms in total. The molecule has 0 aromatic heterocycles. The van der Waals surface area contributed by atoms with Crippen molar-refractivity contribution in [2.75, 3.05) is 39.4 Å². The molecular weight excluding hydrogens is 246 g/mol. The molecule has 112 valence electrons. The van der Waals surface area contributed by atoms with E-state index >= 15 is 0 Å². The number of piperazine rings is 1. The second kappa shape index (κ2) is 6.65. The molecule has 19 heavy (non-hydrogen) atoms. The lowest BCUT2D eigenvalue weighted by molar-refractivity contribution is -0.135. The molecule has 1 aliphatic heterocycles. The van der Waals surface area contributed by atoms with E-state index in [0.717, 1.165) is 26.2 Å². The molecule has 0 saturated carbocycles. The summed E-state index contributed by atoms with van der Waals surface area (Å²) in [6.45, 7) is 8.45. The van der Waals surface area contributed by atoms with Crippen LogP contribution in [-0.4, -0.2) is 71.5 Å². The summed E-state index contributed by atoms with van der Waals surface area (Å²) >= 11 is 0. The minimum Gasteiger partial charge on any atom is -0.394 e. The number of amides is 1. The summed E-state index contributed by atoms with van der Waals surface area (Å²) < 4.78 is 0. The third-order valence-electron chi connectivity index (χ3n) is 4.12. The minimum atomic E-state index is -0.928. The number of rotatable bonds is 6. The topological polar surface area (TPSA) is 84.8 Å². The SMILES string of the molecule is CCC(CO)(CO)NC(=O)C(C)(C)N1CCNCC1. The fourth-order valence-corrected chi connectivity index (χ4v) is 2.20. The summed E-state index contributed by atoms with van der Waals surface area (Å²) in [5.41, 5.74) is -1.57. The number of carbonyl (C=O) groups excluding carboxylic acids is 1. The Labute approximate surface area is 115 Å². The maximum Gasteiger partial charge on any atom is 0.240 e. The molecule has 4 N–H and O–H groups in total. The van der Waals surface area contributed by atoms with E-state index < -0.39 is 11.1 Å². The highest BCUT2D eigenvalue weighted by molar-refractivity contribution is 5.86. The van der Waals surface area contributed by atoms with E-state index in [2.05, 4.69) is 15.5 Å². The number of nitrogens with zero attached hydrogens (tertiary/aromatic N) is 1. The second-order valence-corrected chi connectivity index (χ2v) is 5.70. The molecule has 0 aromatic rings. The largest absolute Gasteiger partial charge is 0.394 e. The molecule has 0 unspecified atom stereocenters. The molecule has 0 aliphatic carbocycles. The Morgan fingerprint density at radius 3 is 2.21 bits per heavy atom. The van der Waals surface area contributed by atoms with Crippen LogP contribution in [0.1, 0.15) is 27.2 Å². The van der Waals surface area contributed by atoms with Crippen LogP contribution < -0.4 is 10.6 Å². The third-order valence-corrected chi connectivity index (χ3v) is 4.12. The maximum atomic E-state index is 12.5. The fourth-order valence-electron chi connectivity index (χ4n) is 2.20. The first-order valence-electron chi connectivity index (χ1n) is 6.92. The van der Waals surface area contributed by atoms with Crippen LogP contribution in [0.2, 0.25) is 0 Å². The van der Waals surface area contributed by atoms with Gasteiger partial charge in [-0.3, -0.25) is 9.69 Å². The molecule has 1 aliphatic rings. The van der Waals surface area contributed by atoms with Gasteiger partial charge in [0.15, 0.2) is 0 Å². The minimum absolute atomic E-state index is 0.153. The van der Waals surface area contributed by atoms with Crippen molar-refractivity contribution < 1.29 is 15.0 Å². The lowest BCUT2D eigenvalue weighted by atomic mass is 9.94. The van der Waals surface area contributed by atoms with Gasteiger partial charge in [-0.25, -0.2) is 0 Å². The van der Waals surface area contributed by atoms with Crippen LogP contribution >= 0.6 is 0 Å². The van der Waals surface area contributed by atoms with Crippen LogP contribution in [0.5, 0.6) is 0 Å². The lowest BCUT2D eigenvalue weighted by Gasteiger charge is -2.42. The quantitative estimate of drug-likeness (QED) is 0.495. The molecule has 0 aromatic carbocycles. The van der Waals surface area contributed by atoms with Gasteiger partial charge in [-0.15, -0.1) is 0 Å². The van der Waals surface area contributed by atoms with Gasteiger partial charge in [0.05, 0.1) is 24.3 Å². The van der Waals surface area contributed by atoms with Crippen molar-refractivity contribution in [2.24, 2.45) is 0 Å². The first-order valence-corrected chi connectivity index (χ1v) is 6.92. The fraction of sp³-hybridized carbons (Fsp3) is 0.923. The Morgan fingerprint density at radius 2 is 1.79 bits per heavy atom. The molecule has 6 heteroatoms. The molecule has 1 heterocycles. The monoisotopic (exact) mass is 273 g/mol. The standard InChI is InChI=1S/C13H27N3O3/c1-4-13(9-17,10-18)15-11(19)12(2,3)16-7-5-14-6-8-16/h14,17-18H,4-10H2,1-3H3,(H,15,19). The van der Waals surface area contributed by atoms with Crippen LogP contribution in [0.4, 0.5) is 0 Å². The van der Waals surface area contributed by atoms with Gasteiger partial charge < -0.3 is 20.8 Å². The van der Waals surface area contributed by atoms with Gasteiger partial charge in [-0.2, -0.15) is 0 Å². The first-order chi connectivity index (χ1) is 8.91. The van der Waals surface area contributed by atoms with E-state index in [1.165, 1.54) is 0 Å². The van der Waals surface area contributed by atoms with E-state index in [0.29, 0.717) is 6.42 Å². The molecule has 0 radical (unpaired) electrons. The molecule has 1 saturated heterocycles. The van der Waals surface area contributed by atoms with Crippen molar-refractivity contribution in [3.63, 3.8) is 0 Å². The molecular formula is C13H27N3O3. The summed E-state index contributed by atoms with van der Waals surface area (Å²) in [7, 11) is 0. The van der Waals surface area contributed by atoms with Crippen molar-refractivity contribution in [3.05, 3.63) is 0 Å². The first kappa shape index (κ1) is 16.4. The molecule has 1 rings (SSSR count). The highest BCUT2D eigenvalue weighted by Gasteiger charge is 2.39. The van der Waals surface area contributed by atoms with E-state index in [4.69, 9.17) is 0 Å². The van der Waals surface area contributed by atoms with Crippen molar-refractivity contribution in [3.8, 4) is 0 Å². The number of hydrogen-bond donors (Lipinski definition) is 4. The van der Waals surface area contributed by atoms with Crippen molar-refractivity contribution in [1.29, 1.82) is 0 Å². The normalized spacial score (nSPS) is 18.4. The zero-order valence-corrected chi connectivity index (χ0v) is 12.2. The second-order valence-electron chi connectivity index (χ2n) is 5.70. The van der Waals surface area contributed by atoms with Gasteiger partial charge in [0.25, 0.3) is 0 Å². The Balaban J connectivity index is 2.74. The number of hydrogen-bond acceptors (Lipinski definition) is 5. The highest BCUT2D eigenvalue weighted by atomic mass is 16.3. The summed E-state index contributed by atoms with van der Waals surface area (Å²) in [5.74, 6) is -0.153. The zero-order valence-electron chi connectivity index (χ0n) is 12.2. The third kappa shape index (κ3) is 3.66. The summed E-state index contributed by atoms with van der Waals surface area (Å²) in [6.07, 6.45) is 0.489. The Kier molecular flexibility index (Phi) is 5.73. The molecule has 0 spiro atoms. The maximum absolute atomic E-state index is 12.5. The Hall–Kier alpha value is -0.690. The zero-order chi connectivity index (χ0) is 14.5. The Bertz CT molecular complexity index is 289. The molecule has 0 bridgehead atoms. The van der Waals surface area contributed by atoms with E-state index in [9.17, 15) is 15.0 Å². The highest BCUT2D eigenvalue weighted by Crippen LogP contribution is 2.18. The van der Waals surface area contributed by atoms with Crippen LogP contribution in [0, 0.1) is 0 Å². The van der Waals surface area contributed by atoms with Gasteiger partial charge >= 0.3 is 0 Å². The van der Waals surface area contributed by atoms with E-state index in [1.807, 2.05) is 20.8 Å². The van der Waals surface area contributed by atoms with Gasteiger partial charge in [-0.05, 0) is 20.3 Å². The van der Waals surface area contributed by atoms with Crippen molar-refractivity contribution in [2.45, 2.75) is 38.3 Å². The van der Waals surface area contributed by atoms with Crippen LogP contribution in [0.3, 0.4) is 0 Å². The Morgan fingerprint density at radius 1 is 1.26 bits per heavy atom. The average Bonchev–Trinajstić information content (AvgIpc) is 2.45. The van der Waals surface area contributed by atoms with Crippen LogP contribution in [-0.2, 0) is 4.79 Å². The average molecular weight is 273 g/mol. The molecule has 1 amide bonds. The van der Waals surface area contributed by atoms with Gasteiger partial charge in [-0.1, -0.05) is 6.92 Å².